The molecule has 0 fully saturated rings. The number of benzene rings is 19. The molecule has 0 amide bonds. The van der Waals surface area contributed by atoms with E-state index in [-0.39, 0.29) is 0 Å². The monoisotopic (exact) mass is 1760 g/mol. The van der Waals surface area contributed by atoms with Gasteiger partial charge in [-0.05, 0) is 179 Å². The number of rotatable bonds is 21. The van der Waals surface area contributed by atoms with Crippen LogP contribution in [0.2, 0.25) is 0 Å². The Hall–Kier alpha value is -18.8. The fourth-order valence-corrected chi connectivity index (χ4v) is 17.3. The maximum atomic E-state index is 5.24. The second kappa shape index (κ2) is 39.3. The summed E-state index contributed by atoms with van der Waals surface area (Å²) < 4.78 is 0. The molecule has 138 heavy (non-hydrogen) atoms. The second-order valence-electron chi connectivity index (χ2n) is 33.5. The van der Waals surface area contributed by atoms with Gasteiger partial charge in [-0.15, -0.1) is 0 Å². The molecule has 12 nitrogen and oxygen atoms in total. The maximum Gasteiger partial charge on any atom is 0.164 e. The quantitative estimate of drug-likeness (QED) is 0.0672. The van der Waals surface area contributed by atoms with Gasteiger partial charge in [0, 0.05) is 66.8 Å². The molecule has 0 bridgehead atoms. The zero-order chi connectivity index (χ0) is 92.1. The van der Waals surface area contributed by atoms with Crippen LogP contribution < -0.4 is 0 Å². The Bertz CT molecular complexity index is 8040. The van der Waals surface area contributed by atoms with E-state index in [2.05, 4.69) is 303 Å². The molecule has 0 unspecified atom stereocenters. The molecule has 0 aliphatic rings. The third kappa shape index (κ3) is 19.2. The summed E-state index contributed by atoms with van der Waals surface area (Å²) >= 11 is 0. The Labute approximate surface area is 800 Å². The molecule has 4 aromatic heterocycles. The molecule has 0 atom stereocenters. The van der Waals surface area contributed by atoms with Crippen molar-refractivity contribution in [1.82, 2.24) is 59.8 Å². The van der Waals surface area contributed by atoms with E-state index in [1.807, 2.05) is 206 Å². The SMILES string of the molecule is c1ccc(-c2cc(-c3ccccc3)cc(-c3nc(-c4ccccc4)nc(-c4cccc(-c5cccc(-c6cccc(-c7cccc(-c8nc(-c9ccccc9)nc(-c9ccccc9)n8)c7)c6)c5)c4)n3)c2)cc1.c1ccc(-c2cc(-c3ccccc3)cc(-c3nc(-c4ccccc4)nc(-c4cccc(-c5cccc(-c6cccc(-c7nc(-c8ccccc8)nc(-c8ccccc8)n7)c6)c5)c4)n3)c2)cc1. The molecule has 23 aromatic rings. The molecule has 12 heteroatoms. The van der Waals surface area contributed by atoms with Crippen molar-refractivity contribution in [3.8, 4) is 237 Å². The fourth-order valence-electron chi connectivity index (χ4n) is 17.3. The van der Waals surface area contributed by atoms with Gasteiger partial charge in [-0.3, -0.25) is 0 Å². The van der Waals surface area contributed by atoms with Crippen LogP contribution in [0.4, 0.5) is 0 Å². The van der Waals surface area contributed by atoms with Gasteiger partial charge in [0.1, 0.15) is 0 Å². The van der Waals surface area contributed by atoms with Gasteiger partial charge in [0.05, 0.1) is 0 Å². The average Bonchev–Trinajstić information content (AvgIpc) is 0.788. The van der Waals surface area contributed by atoms with Crippen LogP contribution in [0.25, 0.3) is 237 Å². The zero-order valence-electron chi connectivity index (χ0n) is 74.9. The predicted molar refractivity (Wildman–Crippen MR) is 561 cm³/mol. The van der Waals surface area contributed by atoms with E-state index in [1.165, 1.54) is 0 Å². The third-order valence-electron chi connectivity index (χ3n) is 24.3. The smallest absolute Gasteiger partial charge is 0.164 e. The molecule has 19 aromatic carbocycles. The summed E-state index contributed by atoms with van der Waals surface area (Å²) in [6.07, 6.45) is 0. The highest BCUT2D eigenvalue weighted by atomic mass is 15.1. The van der Waals surface area contributed by atoms with Gasteiger partial charge in [0.2, 0.25) is 0 Å². The fraction of sp³-hybridized carbons (Fsp3) is 0. The summed E-state index contributed by atoms with van der Waals surface area (Å²) in [6, 6.07) is 175. The van der Waals surface area contributed by atoms with E-state index >= 15 is 0 Å². The Morgan fingerprint density at radius 2 is 0.159 bits per heavy atom. The van der Waals surface area contributed by atoms with Crippen molar-refractivity contribution >= 4 is 0 Å². The van der Waals surface area contributed by atoms with Crippen LogP contribution in [0.5, 0.6) is 0 Å². The third-order valence-corrected chi connectivity index (χ3v) is 24.3. The molecular formula is C126H84N12. The minimum absolute atomic E-state index is 0.595. The summed E-state index contributed by atoms with van der Waals surface area (Å²) in [5.41, 5.74) is 30.6. The largest absolute Gasteiger partial charge is 0.208 e. The van der Waals surface area contributed by atoms with Crippen molar-refractivity contribution in [2.45, 2.75) is 0 Å². The van der Waals surface area contributed by atoms with Gasteiger partial charge in [0.15, 0.2) is 69.9 Å². The molecule has 4 heterocycles. The van der Waals surface area contributed by atoms with Crippen molar-refractivity contribution < 1.29 is 0 Å². The molecule has 0 N–H and O–H groups in total. The molecular weight excluding hydrogens is 1680 g/mol. The van der Waals surface area contributed by atoms with Crippen LogP contribution in [0.1, 0.15) is 0 Å². The predicted octanol–water partition coefficient (Wildman–Crippen LogP) is 31.1. The van der Waals surface area contributed by atoms with E-state index in [0.717, 1.165) is 167 Å². The van der Waals surface area contributed by atoms with Crippen LogP contribution in [-0.4, -0.2) is 59.8 Å². The Morgan fingerprint density at radius 1 is 0.0652 bits per heavy atom. The molecule has 648 valence electrons. The molecule has 0 aliphatic heterocycles. The lowest BCUT2D eigenvalue weighted by Crippen LogP contribution is -2.00. The first-order valence-corrected chi connectivity index (χ1v) is 45.9. The van der Waals surface area contributed by atoms with Gasteiger partial charge >= 0.3 is 0 Å². The average molecular weight is 1770 g/mol. The summed E-state index contributed by atoms with van der Waals surface area (Å²) in [5, 5.41) is 0. The minimum atomic E-state index is 0.595. The van der Waals surface area contributed by atoms with Gasteiger partial charge in [-0.1, -0.05) is 431 Å². The Balaban J connectivity index is 0.000000160. The Kier molecular flexibility index (Phi) is 24.2. The van der Waals surface area contributed by atoms with Gasteiger partial charge in [0.25, 0.3) is 0 Å². The van der Waals surface area contributed by atoms with E-state index in [4.69, 9.17) is 59.8 Å². The number of nitrogens with zero attached hydrogens (tertiary/aromatic N) is 12. The molecule has 0 spiro atoms. The van der Waals surface area contributed by atoms with Crippen molar-refractivity contribution in [1.29, 1.82) is 0 Å². The number of hydrogen-bond donors (Lipinski definition) is 0. The van der Waals surface area contributed by atoms with Crippen molar-refractivity contribution in [2.24, 2.45) is 0 Å². The second-order valence-corrected chi connectivity index (χ2v) is 33.5. The van der Waals surface area contributed by atoms with E-state index in [0.29, 0.717) is 69.9 Å². The topological polar surface area (TPSA) is 155 Å². The first-order chi connectivity index (χ1) is 68.3. The Morgan fingerprint density at radius 3 is 0.312 bits per heavy atom. The molecule has 0 saturated carbocycles. The van der Waals surface area contributed by atoms with E-state index in [1.54, 1.807) is 0 Å². The van der Waals surface area contributed by atoms with Crippen LogP contribution in [0, 0.1) is 0 Å². The highest BCUT2D eigenvalue weighted by Crippen LogP contribution is 2.41. The van der Waals surface area contributed by atoms with Crippen molar-refractivity contribution in [3.05, 3.63) is 510 Å². The van der Waals surface area contributed by atoms with E-state index in [9.17, 15) is 0 Å². The summed E-state index contributed by atoms with van der Waals surface area (Å²) in [4.78, 5) is 60.7. The highest BCUT2D eigenvalue weighted by molar-refractivity contribution is 5.87. The molecule has 0 radical (unpaired) electrons. The first kappa shape index (κ1) is 84.7. The lowest BCUT2D eigenvalue weighted by molar-refractivity contribution is 1.07. The molecule has 0 aliphatic carbocycles. The lowest BCUT2D eigenvalue weighted by atomic mass is 9.95. The normalized spacial score (nSPS) is 11.0. The zero-order valence-corrected chi connectivity index (χ0v) is 74.9. The van der Waals surface area contributed by atoms with Gasteiger partial charge < -0.3 is 0 Å². The lowest BCUT2D eigenvalue weighted by Gasteiger charge is -2.13. The molecule has 23 rings (SSSR count). The maximum absolute atomic E-state index is 5.24. The van der Waals surface area contributed by atoms with Crippen LogP contribution in [0.3, 0.4) is 0 Å². The van der Waals surface area contributed by atoms with Crippen LogP contribution in [-0.2, 0) is 0 Å². The first-order valence-electron chi connectivity index (χ1n) is 45.9. The van der Waals surface area contributed by atoms with Gasteiger partial charge in [-0.2, -0.15) is 0 Å². The highest BCUT2D eigenvalue weighted by Gasteiger charge is 2.22. The standard InChI is InChI=1S/C66H44N6.C60H40N6/c1-6-20-45(21-7-1)58-42-59(46-22-8-2-9-23-46)44-60(43-58)66-71-63(49-28-14-5-15-29-49)70-65(72-66)57-37-19-35-55(41-57)53-33-17-31-51(39-53)50-30-16-32-52(38-50)54-34-18-36-56(40-54)64-68-61(47-24-10-3-11-25-47)67-62(69-64)48-26-12-4-13-27-48;1-6-19-41(20-7-1)52-38-53(42-21-8-2-9-22-42)40-54(39-52)60-65-57(45-27-14-5-15-28-45)64-59(66-60)51-34-18-32-49(37-51)47-30-16-29-46(35-47)48-31-17-33-50(36-48)58-62-55(43-23-10-3-11-24-43)61-56(63-58)44-25-12-4-13-26-44/h1-44H;1-40H. The van der Waals surface area contributed by atoms with Crippen LogP contribution >= 0.6 is 0 Å². The molecule has 0 saturated heterocycles. The van der Waals surface area contributed by atoms with Gasteiger partial charge in [-0.25, -0.2) is 59.8 Å². The van der Waals surface area contributed by atoms with Crippen molar-refractivity contribution in [2.75, 3.05) is 0 Å². The number of hydrogen-bond acceptors (Lipinski definition) is 12. The summed E-state index contributed by atoms with van der Waals surface area (Å²) in [5.74, 6) is 7.39. The summed E-state index contributed by atoms with van der Waals surface area (Å²) in [6.45, 7) is 0. The van der Waals surface area contributed by atoms with Crippen molar-refractivity contribution in [3.63, 3.8) is 0 Å². The minimum Gasteiger partial charge on any atom is -0.208 e. The van der Waals surface area contributed by atoms with E-state index < -0.39 is 0 Å². The summed E-state index contributed by atoms with van der Waals surface area (Å²) in [7, 11) is 0. The van der Waals surface area contributed by atoms with Crippen LogP contribution in [0.15, 0.2) is 510 Å². The number of aromatic nitrogens is 12.